The highest BCUT2D eigenvalue weighted by atomic mass is 16.5. The van der Waals surface area contributed by atoms with E-state index in [1.165, 1.54) is 0 Å². The van der Waals surface area contributed by atoms with Gasteiger partial charge in [0, 0.05) is 0 Å². The number of nitrogens with one attached hydrogen (secondary N) is 1. The summed E-state index contributed by atoms with van der Waals surface area (Å²) in [6, 6.07) is -0.352. The van der Waals surface area contributed by atoms with E-state index in [9.17, 15) is 4.79 Å². The van der Waals surface area contributed by atoms with E-state index in [4.69, 9.17) is 4.74 Å². The molecule has 70 valence electrons. The lowest BCUT2D eigenvalue weighted by Gasteiger charge is -2.15. The SMILES string of the molecule is C=C(C)C(NCC)C(=O)OCC. The van der Waals surface area contributed by atoms with Gasteiger partial charge in [0.2, 0.25) is 0 Å². The molecule has 0 amide bonds. The molecule has 1 atom stereocenters. The first-order valence-electron chi connectivity index (χ1n) is 4.18. The van der Waals surface area contributed by atoms with Gasteiger partial charge in [-0.15, -0.1) is 0 Å². The van der Waals surface area contributed by atoms with Gasteiger partial charge in [0.25, 0.3) is 0 Å². The van der Waals surface area contributed by atoms with Gasteiger partial charge in [-0.2, -0.15) is 0 Å². The van der Waals surface area contributed by atoms with E-state index in [1.54, 1.807) is 6.92 Å². The van der Waals surface area contributed by atoms with Crippen LogP contribution in [0, 0.1) is 0 Å². The number of hydrogen-bond donors (Lipinski definition) is 1. The van der Waals surface area contributed by atoms with Gasteiger partial charge in [-0.05, 0) is 20.4 Å². The van der Waals surface area contributed by atoms with Gasteiger partial charge >= 0.3 is 5.97 Å². The second-order valence-electron chi connectivity index (χ2n) is 2.59. The molecule has 0 saturated heterocycles. The van der Waals surface area contributed by atoms with Gasteiger partial charge in [-0.25, -0.2) is 4.79 Å². The monoisotopic (exact) mass is 171 g/mol. The molecular formula is C9H17NO2. The third kappa shape index (κ3) is 3.53. The van der Waals surface area contributed by atoms with Crippen molar-refractivity contribution in [2.75, 3.05) is 13.2 Å². The quantitative estimate of drug-likeness (QED) is 0.497. The highest BCUT2D eigenvalue weighted by Gasteiger charge is 2.18. The fourth-order valence-corrected chi connectivity index (χ4v) is 0.888. The molecule has 1 unspecified atom stereocenters. The van der Waals surface area contributed by atoms with Crippen molar-refractivity contribution in [3.8, 4) is 0 Å². The van der Waals surface area contributed by atoms with E-state index in [-0.39, 0.29) is 12.0 Å². The molecule has 0 aliphatic heterocycles. The lowest BCUT2D eigenvalue weighted by atomic mass is 10.1. The van der Waals surface area contributed by atoms with Crippen molar-refractivity contribution in [3.63, 3.8) is 0 Å². The first-order chi connectivity index (χ1) is 5.63. The first-order valence-corrected chi connectivity index (χ1v) is 4.18. The summed E-state index contributed by atoms with van der Waals surface area (Å²) < 4.78 is 4.86. The molecule has 0 saturated carbocycles. The summed E-state index contributed by atoms with van der Waals surface area (Å²) in [6.45, 7) is 10.4. The van der Waals surface area contributed by atoms with Gasteiger partial charge < -0.3 is 10.1 Å². The Balaban J connectivity index is 4.09. The summed E-state index contributed by atoms with van der Waals surface area (Å²) >= 11 is 0. The van der Waals surface area contributed by atoms with Crippen LogP contribution in [0.4, 0.5) is 0 Å². The molecule has 0 fully saturated rings. The van der Waals surface area contributed by atoms with Crippen LogP contribution >= 0.6 is 0 Å². The Kier molecular flexibility index (Phi) is 5.37. The van der Waals surface area contributed by atoms with Crippen LogP contribution in [-0.2, 0) is 9.53 Å². The van der Waals surface area contributed by atoms with Gasteiger partial charge in [-0.3, -0.25) is 0 Å². The number of rotatable bonds is 5. The second-order valence-corrected chi connectivity index (χ2v) is 2.59. The van der Waals surface area contributed by atoms with E-state index < -0.39 is 0 Å². The Morgan fingerprint density at radius 1 is 1.58 bits per heavy atom. The van der Waals surface area contributed by atoms with Crippen LogP contribution < -0.4 is 5.32 Å². The third-order valence-corrected chi connectivity index (χ3v) is 1.42. The lowest BCUT2D eigenvalue weighted by molar-refractivity contribution is -0.144. The molecule has 1 N–H and O–H groups in total. The van der Waals surface area contributed by atoms with Gasteiger partial charge in [0.15, 0.2) is 0 Å². The van der Waals surface area contributed by atoms with E-state index in [0.29, 0.717) is 6.61 Å². The number of carbonyl (C=O) groups is 1. The molecule has 0 heterocycles. The molecule has 0 aromatic rings. The minimum atomic E-state index is -0.352. The molecular weight excluding hydrogens is 154 g/mol. The molecule has 3 heteroatoms. The Hall–Kier alpha value is -0.830. The van der Waals surface area contributed by atoms with Crippen LogP contribution in [0.2, 0.25) is 0 Å². The Morgan fingerprint density at radius 3 is 2.50 bits per heavy atom. The molecule has 12 heavy (non-hydrogen) atoms. The smallest absolute Gasteiger partial charge is 0.327 e. The summed E-state index contributed by atoms with van der Waals surface area (Å²) in [5.74, 6) is -0.244. The first kappa shape index (κ1) is 11.2. The van der Waals surface area contributed by atoms with Crippen molar-refractivity contribution in [2.45, 2.75) is 26.8 Å². The molecule has 0 radical (unpaired) electrons. The zero-order chi connectivity index (χ0) is 9.56. The van der Waals surface area contributed by atoms with Crippen LogP contribution in [0.1, 0.15) is 20.8 Å². The van der Waals surface area contributed by atoms with Crippen molar-refractivity contribution in [2.24, 2.45) is 0 Å². The summed E-state index contributed by atoms with van der Waals surface area (Å²) in [6.07, 6.45) is 0. The standard InChI is InChI=1S/C9H17NO2/c1-5-10-8(7(3)4)9(11)12-6-2/h8,10H,3,5-6H2,1-2,4H3. The van der Waals surface area contributed by atoms with Crippen molar-refractivity contribution >= 4 is 5.97 Å². The molecule has 0 aromatic carbocycles. The number of hydrogen-bond acceptors (Lipinski definition) is 3. The molecule has 0 rings (SSSR count). The fraction of sp³-hybridized carbons (Fsp3) is 0.667. The van der Waals surface area contributed by atoms with Gasteiger partial charge in [-0.1, -0.05) is 19.1 Å². The predicted molar refractivity (Wildman–Crippen MR) is 48.9 cm³/mol. The maximum Gasteiger partial charge on any atom is 0.327 e. The molecule has 0 bridgehead atoms. The molecule has 0 aliphatic rings. The molecule has 3 nitrogen and oxygen atoms in total. The zero-order valence-electron chi connectivity index (χ0n) is 8.02. The van der Waals surface area contributed by atoms with E-state index in [0.717, 1.165) is 12.1 Å². The van der Waals surface area contributed by atoms with Gasteiger partial charge in [0.1, 0.15) is 6.04 Å². The average Bonchev–Trinajstić information content (AvgIpc) is 1.99. The highest BCUT2D eigenvalue weighted by Crippen LogP contribution is 2.00. The van der Waals surface area contributed by atoms with Crippen LogP contribution in [0.3, 0.4) is 0 Å². The topological polar surface area (TPSA) is 38.3 Å². The van der Waals surface area contributed by atoms with E-state index >= 15 is 0 Å². The number of ether oxygens (including phenoxy) is 1. The Bertz CT molecular complexity index is 166. The van der Waals surface area contributed by atoms with Crippen molar-refractivity contribution in [1.82, 2.24) is 5.32 Å². The zero-order valence-corrected chi connectivity index (χ0v) is 8.02. The Morgan fingerprint density at radius 2 is 2.17 bits per heavy atom. The maximum atomic E-state index is 11.2. The average molecular weight is 171 g/mol. The highest BCUT2D eigenvalue weighted by molar-refractivity contribution is 5.79. The number of likely N-dealkylation sites (N-methyl/N-ethyl adjacent to an activating group) is 1. The van der Waals surface area contributed by atoms with E-state index in [1.807, 2.05) is 13.8 Å². The van der Waals surface area contributed by atoms with Crippen molar-refractivity contribution in [3.05, 3.63) is 12.2 Å². The van der Waals surface area contributed by atoms with Crippen molar-refractivity contribution < 1.29 is 9.53 Å². The second kappa shape index (κ2) is 5.77. The van der Waals surface area contributed by atoms with Gasteiger partial charge in [0.05, 0.1) is 6.61 Å². The van der Waals surface area contributed by atoms with Crippen molar-refractivity contribution in [1.29, 1.82) is 0 Å². The molecule has 0 aliphatic carbocycles. The summed E-state index contributed by atoms with van der Waals surface area (Å²) in [5, 5.41) is 2.99. The Labute approximate surface area is 73.8 Å². The predicted octanol–water partition coefficient (Wildman–Crippen LogP) is 1.10. The minimum Gasteiger partial charge on any atom is -0.465 e. The van der Waals surface area contributed by atoms with Crippen LogP contribution in [0.5, 0.6) is 0 Å². The molecule has 0 spiro atoms. The lowest BCUT2D eigenvalue weighted by Crippen LogP contribution is -2.38. The third-order valence-electron chi connectivity index (χ3n) is 1.42. The van der Waals surface area contributed by atoms with Crippen LogP contribution in [-0.4, -0.2) is 25.2 Å². The van der Waals surface area contributed by atoms with Crippen LogP contribution in [0.25, 0.3) is 0 Å². The fourth-order valence-electron chi connectivity index (χ4n) is 0.888. The minimum absolute atomic E-state index is 0.244. The van der Waals surface area contributed by atoms with Crippen LogP contribution in [0.15, 0.2) is 12.2 Å². The maximum absolute atomic E-state index is 11.2. The number of esters is 1. The molecule has 0 aromatic heterocycles. The van der Waals surface area contributed by atoms with E-state index in [2.05, 4.69) is 11.9 Å². The number of carbonyl (C=O) groups excluding carboxylic acids is 1. The summed E-state index contributed by atoms with van der Waals surface area (Å²) in [5.41, 5.74) is 0.787. The summed E-state index contributed by atoms with van der Waals surface area (Å²) in [7, 11) is 0. The largest absolute Gasteiger partial charge is 0.465 e. The normalized spacial score (nSPS) is 12.2. The summed E-state index contributed by atoms with van der Waals surface area (Å²) in [4.78, 5) is 11.2.